The van der Waals surface area contributed by atoms with Crippen molar-refractivity contribution in [3.05, 3.63) is 83.7 Å². The molecule has 0 aliphatic rings. The van der Waals surface area contributed by atoms with Gasteiger partial charge in [-0.05, 0) is 42.8 Å². The standard InChI is InChI=1S/C23H17F3N6O/c1-11-7-12(8-19(28)30-11)13-5-6-29-10-18(13)31-23(33)22-17(27)9-16(26)21(32-22)20-14(24)3-2-4-15(20)25/h2-10H,27H2,1H3,(H2,28,30)(H,31,33). The average molecular weight is 450 g/mol. The fourth-order valence-electron chi connectivity index (χ4n) is 3.36. The van der Waals surface area contributed by atoms with Gasteiger partial charge in [-0.2, -0.15) is 0 Å². The lowest BCUT2D eigenvalue weighted by atomic mass is 10.0. The molecule has 0 radical (unpaired) electrons. The number of amides is 1. The molecule has 3 aromatic heterocycles. The number of nitrogens with one attached hydrogen (secondary N) is 1. The third-order valence-electron chi connectivity index (χ3n) is 4.77. The minimum atomic E-state index is -1.07. The van der Waals surface area contributed by atoms with Crippen LogP contribution in [0, 0.1) is 24.4 Å². The zero-order valence-corrected chi connectivity index (χ0v) is 17.2. The Morgan fingerprint density at radius 2 is 1.70 bits per heavy atom. The van der Waals surface area contributed by atoms with E-state index >= 15 is 0 Å². The molecule has 0 aliphatic carbocycles. The zero-order chi connectivity index (χ0) is 23.7. The molecule has 0 aliphatic heterocycles. The third kappa shape index (κ3) is 4.31. The molecule has 0 fully saturated rings. The number of hydrogen-bond acceptors (Lipinski definition) is 6. The van der Waals surface area contributed by atoms with Crippen LogP contribution in [0.25, 0.3) is 22.4 Å². The lowest BCUT2D eigenvalue weighted by molar-refractivity contribution is 0.102. The number of aromatic nitrogens is 3. The number of rotatable bonds is 4. The molecule has 5 N–H and O–H groups in total. The quantitative estimate of drug-likeness (QED) is 0.425. The summed E-state index contributed by atoms with van der Waals surface area (Å²) in [5.74, 6) is -3.66. The minimum Gasteiger partial charge on any atom is -0.397 e. The highest BCUT2D eigenvalue weighted by atomic mass is 19.1. The van der Waals surface area contributed by atoms with Gasteiger partial charge in [-0.3, -0.25) is 9.78 Å². The molecule has 4 aromatic rings. The molecule has 33 heavy (non-hydrogen) atoms. The molecule has 0 bridgehead atoms. The molecular formula is C23H17F3N6O. The normalized spacial score (nSPS) is 10.8. The highest BCUT2D eigenvalue weighted by Gasteiger charge is 2.22. The van der Waals surface area contributed by atoms with Crippen molar-refractivity contribution >= 4 is 23.1 Å². The van der Waals surface area contributed by atoms with Gasteiger partial charge in [-0.25, -0.2) is 23.1 Å². The number of carbonyl (C=O) groups is 1. The van der Waals surface area contributed by atoms with Crippen LogP contribution >= 0.6 is 0 Å². The van der Waals surface area contributed by atoms with Gasteiger partial charge in [0.05, 0.1) is 23.1 Å². The number of benzene rings is 1. The molecular weight excluding hydrogens is 433 g/mol. The van der Waals surface area contributed by atoms with E-state index in [-0.39, 0.29) is 11.4 Å². The molecule has 4 rings (SSSR count). The Hall–Kier alpha value is -4.47. The summed E-state index contributed by atoms with van der Waals surface area (Å²) in [5.41, 5.74) is 11.8. The summed E-state index contributed by atoms with van der Waals surface area (Å²) in [6.45, 7) is 1.77. The fraction of sp³-hybridized carbons (Fsp3) is 0.0435. The van der Waals surface area contributed by atoms with Crippen molar-refractivity contribution in [2.24, 2.45) is 0 Å². The lowest BCUT2D eigenvalue weighted by Crippen LogP contribution is -2.18. The first-order chi connectivity index (χ1) is 15.7. The Morgan fingerprint density at radius 3 is 2.39 bits per heavy atom. The summed E-state index contributed by atoms with van der Waals surface area (Å²) in [7, 11) is 0. The van der Waals surface area contributed by atoms with Gasteiger partial charge >= 0.3 is 0 Å². The topological polar surface area (TPSA) is 120 Å². The second-order valence-electron chi connectivity index (χ2n) is 7.15. The Morgan fingerprint density at radius 1 is 0.970 bits per heavy atom. The average Bonchev–Trinajstić information content (AvgIpc) is 2.74. The predicted octanol–water partition coefficient (Wildman–Crippen LogP) is 4.35. The number of pyridine rings is 3. The Balaban J connectivity index is 1.75. The Bertz CT molecular complexity index is 1350. The van der Waals surface area contributed by atoms with Gasteiger partial charge in [0, 0.05) is 23.5 Å². The number of aryl methyl sites for hydroxylation is 1. The predicted molar refractivity (Wildman–Crippen MR) is 119 cm³/mol. The molecule has 0 saturated heterocycles. The first-order valence-electron chi connectivity index (χ1n) is 9.65. The van der Waals surface area contributed by atoms with Crippen LogP contribution < -0.4 is 16.8 Å². The van der Waals surface area contributed by atoms with Gasteiger partial charge in [0.25, 0.3) is 5.91 Å². The Kier molecular flexibility index (Phi) is 5.65. The minimum absolute atomic E-state index is 0.289. The van der Waals surface area contributed by atoms with Gasteiger partial charge in [0.1, 0.15) is 23.1 Å². The van der Waals surface area contributed by atoms with E-state index in [1.165, 1.54) is 12.4 Å². The van der Waals surface area contributed by atoms with E-state index in [4.69, 9.17) is 11.5 Å². The molecule has 166 valence electrons. The number of nitrogen functional groups attached to an aromatic ring is 2. The zero-order valence-electron chi connectivity index (χ0n) is 17.2. The fourth-order valence-corrected chi connectivity index (χ4v) is 3.36. The summed E-state index contributed by atoms with van der Waals surface area (Å²) in [5, 5.41) is 2.62. The number of carbonyl (C=O) groups excluding carboxylic acids is 1. The maximum absolute atomic E-state index is 14.5. The van der Waals surface area contributed by atoms with E-state index in [0.717, 1.165) is 24.3 Å². The van der Waals surface area contributed by atoms with Gasteiger partial charge < -0.3 is 16.8 Å². The third-order valence-corrected chi connectivity index (χ3v) is 4.77. The van der Waals surface area contributed by atoms with Crippen molar-refractivity contribution in [2.45, 2.75) is 6.92 Å². The van der Waals surface area contributed by atoms with Gasteiger partial charge in [-0.15, -0.1) is 0 Å². The van der Waals surface area contributed by atoms with Crippen molar-refractivity contribution in [2.75, 3.05) is 16.8 Å². The summed E-state index contributed by atoms with van der Waals surface area (Å²) in [4.78, 5) is 25.0. The first kappa shape index (κ1) is 21.8. The number of halogens is 3. The highest BCUT2D eigenvalue weighted by Crippen LogP contribution is 2.31. The molecule has 0 spiro atoms. The smallest absolute Gasteiger partial charge is 0.276 e. The van der Waals surface area contributed by atoms with Crippen LogP contribution in [-0.2, 0) is 0 Å². The molecule has 0 atom stereocenters. The van der Waals surface area contributed by atoms with E-state index < -0.39 is 40.3 Å². The van der Waals surface area contributed by atoms with Gasteiger partial charge in [0.15, 0.2) is 11.5 Å². The SMILES string of the molecule is Cc1cc(-c2ccncc2NC(=O)c2nc(-c3c(F)cccc3F)c(F)cc2N)cc(N)n1. The van der Waals surface area contributed by atoms with E-state index in [0.29, 0.717) is 22.6 Å². The van der Waals surface area contributed by atoms with Gasteiger partial charge in [-0.1, -0.05) is 6.07 Å². The van der Waals surface area contributed by atoms with E-state index in [2.05, 4.69) is 20.3 Å². The van der Waals surface area contributed by atoms with Crippen molar-refractivity contribution in [3.63, 3.8) is 0 Å². The second kappa shape index (κ2) is 8.58. The van der Waals surface area contributed by atoms with E-state index in [1.807, 2.05) is 0 Å². The van der Waals surface area contributed by atoms with Crippen molar-refractivity contribution in [1.29, 1.82) is 0 Å². The Labute approximate surface area is 186 Å². The summed E-state index contributed by atoms with van der Waals surface area (Å²) < 4.78 is 42.9. The first-order valence-corrected chi connectivity index (χ1v) is 9.65. The molecule has 1 amide bonds. The summed E-state index contributed by atoms with van der Waals surface area (Å²) in [6.07, 6.45) is 2.93. The van der Waals surface area contributed by atoms with E-state index in [9.17, 15) is 18.0 Å². The van der Waals surface area contributed by atoms with Crippen LogP contribution in [0.2, 0.25) is 0 Å². The van der Waals surface area contributed by atoms with Crippen LogP contribution in [0.1, 0.15) is 16.2 Å². The van der Waals surface area contributed by atoms with Crippen molar-refractivity contribution < 1.29 is 18.0 Å². The van der Waals surface area contributed by atoms with Crippen LogP contribution in [0.15, 0.2) is 54.9 Å². The molecule has 0 unspecified atom stereocenters. The van der Waals surface area contributed by atoms with Crippen LogP contribution in [0.4, 0.5) is 30.4 Å². The van der Waals surface area contributed by atoms with Crippen LogP contribution in [0.5, 0.6) is 0 Å². The lowest BCUT2D eigenvalue weighted by Gasteiger charge is -2.13. The number of anilines is 3. The largest absolute Gasteiger partial charge is 0.397 e. The number of hydrogen-bond donors (Lipinski definition) is 3. The van der Waals surface area contributed by atoms with Crippen LogP contribution in [0.3, 0.4) is 0 Å². The molecule has 3 heterocycles. The van der Waals surface area contributed by atoms with Crippen molar-refractivity contribution in [3.8, 4) is 22.4 Å². The summed E-state index contributed by atoms with van der Waals surface area (Å²) >= 11 is 0. The molecule has 1 aromatic carbocycles. The van der Waals surface area contributed by atoms with Gasteiger partial charge in [0.2, 0.25) is 0 Å². The maximum Gasteiger partial charge on any atom is 0.276 e. The van der Waals surface area contributed by atoms with Crippen molar-refractivity contribution in [1.82, 2.24) is 15.0 Å². The maximum atomic E-state index is 14.5. The molecule has 7 nitrogen and oxygen atoms in total. The van der Waals surface area contributed by atoms with E-state index in [1.54, 1.807) is 25.1 Å². The monoisotopic (exact) mass is 450 g/mol. The molecule has 10 heteroatoms. The number of nitrogens with two attached hydrogens (primary N) is 2. The second-order valence-corrected chi connectivity index (χ2v) is 7.15. The number of nitrogens with zero attached hydrogens (tertiary/aromatic N) is 3. The van der Waals surface area contributed by atoms with Crippen LogP contribution in [-0.4, -0.2) is 20.9 Å². The highest BCUT2D eigenvalue weighted by molar-refractivity contribution is 6.08. The summed E-state index contributed by atoms with van der Waals surface area (Å²) in [6, 6.07) is 8.90. The molecule has 0 saturated carbocycles.